The third-order valence-corrected chi connectivity index (χ3v) is 24.6. The van der Waals surface area contributed by atoms with Gasteiger partial charge in [0.15, 0.2) is 5.96 Å². The number of guanidine groups is 1. The number of rotatable bonds is 26. The van der Waals surface area contributed by atoms with Crippen LogP contribution in [-0.4, -0.2) is 330 Å². The number of unbranched alkanes of at least 4 members (excludes halogenated alkanes) is 2. The molecule has 17 amide bonds. The molecule has 724 valence electrons. The number of nitrogens with one attached hydrogen (secondary N) is 14. The Morgan fingerprint density at radius 2 is 1.06 bits per heavy atom. The molecule has 3 saturated heterocycles. The van der Waals surface area contributed by atoms with Crippen molar-refractivity contribution in [2.75, 3.05) is 72.0 Å². The Labute approximate surface area is 770 Å². The van der Waals surface area contributed by atoms with E-state index < -0.39 is 266 Å². The highest BCUT2D eigenvalue weighted by Gasteiger charge is 2.47. The van der Waals surface area contributed by atoms with Gasteiger partial charge in [-0.1, -0.05) is 88.1 Å². The maximum absolute atomic E-state index is 15.7. The van der Waals surface area contributed by atoms with E-state index in [1.54, 1.807) is 60.9 Å². The van der Waals surface area contributed by atoms with Gasteiger partial charge in [0.25, 0.3) is 0 Å². The summed E-state index contributed by atoms with van der Waals surface area (Å²) in [5.41, 5.74) is 25.3. The maximum Gasteiger partial charge on any atom is 0.303 e. The van der Waals surface area contributed by atoms with Gasteiger partial charge in [-0.05, 0) is 92.8 Å². The summed E-state index contributed by atoms with van der Waals surface area (Å²) in [5.74, 6) is -20.3. The number of aliphatic hydroxyl groups is 2. The van der Waals surface area contributed by atoms with Crippen molar-refractivity contribution in [2.24, 2.45) is 22.9 Å². The number of likely N-dealkylation sites (N-methyl/N-ethyl adjacent to an activating group) is 3. The van der Waals surface area contributed by atoms with Gasteiger partial charge in [-0.15, -0.1) is 11.8 Å². The quantitative estimate of drug-likeness (QED) is 0.0140. The van der Waals surface area contributed by atoms with Gasteiger partial charge in [0.05, 0.1) is 31.4 Å². The number of phenolic OH excluding ortho intramolecular Hbond substituents is 1. The topological polar surface area (TPSA) is 696 Å². The summed E-state index contributed by atoms with van der Waals surface area (Å²) in [6.45, 7) is 1.48. The number of carboxylic acid groups (broad SMARTS) is 1. The highest BCUT2D eigenvalue weighted by atomic mass is 32.2. The molecule has 45 nitrogen and oxygen atoms in total. The number of aromatic amines is 2. The summed E-state index contributed by atoms with van der Waals surface area (Å²) in [6.07, 6.45) is -0.796. The van der Waals surface area contributed by atoms with Crippen molar-refractivity contribution in [3.8, 4) is 5.75 Å². The molecule has 8 rings (SSSR count). The number of carbonyl (C=O) groups is 18. The fourth-order valence-electron chi connectivity index (χ4n) is 16.0. The van der Waals surface area contributed by atoms with Crippen molar-refractivity contribution in [3.05, 3.63) is 102 Å². The Bertz CT molecular complexity index is 5030. The van der Waals surface area contributed by atoms with Gasteiger partial charge in [-0.25, -0.2) is 0 Å². The average molecular weight is 1880 g/mol. The standard InChI is InChI=1S/C87H123N23O22S/c1-7-9-22-65-79(125)98-56(21-15-31-93-87(91)92)75(121)105-64(74(120)96-41-70(90)115)44-133-45-71(116)97-59(33-47-25-27-50(112)28-26-47)82(128)106(4)46(3)73(119)101-61(37-69(89)114)85(131)109-32-16-24-66(109)80(126)103-62(38-88)77(123)99-57(29-30-72(117)118)84(130)110-42-51(113)36-68(110)81(127)100-58(34-48-39-94-54-19-13-11-17-52(48)54)76(122)104-63(43-111)78(124)102-60(35-49-40-95-55-20-14-12-18-53(49)55)83(129)108(6)67(23-10-8-2)86(132)107(65)5/h11-14,17-20,25-28,39-40,46,51,56-68,94-95,111-113H,7-10,15-16,21-24,29-38,41-45,88H2,1-6H3,(H2,89,114)(H2,90,115)(H,96,120)(H,97,116)(H,98,125)(H,99,123)(H,100,127)(H,101,119)(H,102,124)(H,103,126)(H,104,122)(H,105,121)(H,117,118)(H4,91,92,93)/t46-,51+,56-,57-,58-,59-,60-,61-,62-,63-,64-,65-,66-,67-,68-/m0/s1. The molecule has 0 bridgehead atoms. The number of para-hydroxylation sites is 2. The molecule has 0 aliphatic carbocycles. The van der Waals surface area contributed by atoms with Crippen molar-refractivity contribution >= 4 is 146 Å². The van der Waals surface area contributed by atoms with Gasteiger partial charge < -0.3 is 136 Å². The van der Waals surface area contributed by atoms with Crippen LogP contribution in [0.3, 0.4) is 0 Å². The third-order valence-electron chi connectivity index (χ3n) is 23.5. The number of thioether (sulfide) groups is 1. The number of hydrogen-bond acceptors (Lipinski definition) is 24. The van der Waals surface area contributed by atoms with Crippen LogP contribution in [0.2, 0.25) is 0 Å². The predicted molar refractivity (Wildman–Crippen MR) is 484 cm³/mol. The molecule has 5 aromatic rings. The molecule has 26 N–H and O–H groups in total. The first-order valence-electron chi connectivity index (χ1n) is 44.0. The Morgan fingerprint density at radius 1 is 0.534 bits per heavy atom. The number of primary amides is 2. The number of H-pyrrole nitrogens is 2. The first kappa shape index (κ1) is 105. The third kappa shape index (κ3) is 29.5. The first-order valence-corrected chi connectivity index (χ1v) is 45.2. The number of amides is 17. The summed E-state index contributed by atoms with van der Waals surface area (Å²) in [5, 5.41) is 79.7. The molecule has 5 heterocycles. The average Bonchev–Trinajstić information content (AvgIpc) is 1.56. The molecule has 0 spiro atoms. The molecule has 3 fully saturated rings. The van der Waals surface area contributed by atoms with Gasteiger partial charge in [0, 0.05) is 119 Å². The first-order chi connectivity index (χ1) is 63.3. The monoisotopic (exact) mass is 1870 g/mol. The summed E-state index contributed by atoms with van der Waals surface area (Å²) in [4.78, 5) is 272. The second-order valence-corrected chi connectivity index (χ2v) is 34.3. The largest absolute Gasteiger partial charge is 0.508 e. The molecule has 46 heteroatoms. The summed E-state index contributed by atoms with van der Waals surface area (Å²) < 4.78 is 0. The SMILES string of the molecule is CCCC[C@H]1C(=O)N(C)[C@@H](CCCC)C(=O)N[C@@H](CCCNC(=N)N)C(=O)N[C@H](C(=O)NCC(N)=O)CSCC(=O)N[C@@H](Cc2ccc(O)cc2)C(=O)N(C)[C@@H](C)C(=O)N[C@@H](CC(N)=O)C(=O)N2CCC[C@H]2C(=O)N[C@@H](CN)C(=O)N[C@@H](CCC(=O)O)C(=O)N2C[C@H](O)C[C@H]2C(=O)N[C@@H](Cc2c[nH]c3ccccc23)C(=O)N[C@@H](CO)C(=O)N[C@@H](Cc2c[nH]c3ccccc23)C(=O)N1C. The molecular weight excluding hydrogens is 1750 g/mol. The summed E-state index contributed by atoms with van der Waals surface area (Å²) >= 11 is 0.743. The van der Waals surface area contributed by atoms with Gasteiger partial charge in [-0.2, -0.15) is 0 Å². The van der Waals surface area contributed by atoms with Crippen molar-refractivity contribution < 1.29 is 107 Å². The van der Waals surface area contributed by atoms with Crippen LogP contribution in [-0.2, 0) is 106 Å². The fraction of sp³-hybridized carbons (Fsp3) is 0.529. The van der Waals surface area contributed by atoms with E-state index in [1.165, 1.54) is 52.3 Å². The molecule has 2 aromatic heterocycles. The highest BCUT2D eigenvalue weighted by Crippen LogP contribution is 2.28. The van der Waals surface area contributed by atoms with E-state index >= 15 is 33.6 Å². The van der Waals surface area contributed by atoms with Crippen molar-refractivity contribution in [1.29, 1.82) is 5.41 Å². The molecule has 3 aliphatic heterocycles. The normalized spacial score (nSPS) is 24.9. The molecule has 0 unspecified atom stereocenters. The highest BCUT2D eigenvalue weighted by molar-refractivity contribution is 8.00. The van der Waals surface area contributed by atoms with Crippen molar-refractivity contribution in [1.82, 2.24) is 93.0 Å². The Kier molecular flexibility index (Phi) is 39.6. The number of fused-ring (bicyclic) bond motifs is 4. The van der Waals surface area contributed by atoms with Crippen LogP contribution in [0.1, 0.15) is 127 Å². The number of phenols is 1. The van der Waals surface area contributed by atoms with E-state index in [-0.39, 0.29) is 76.6 Å². The Hall–Kier alpha value is -13.5. The number of benzene rings is 3. The van der Waals surface area contributed by atoms with Crippen LogP contribution in [0, 0.1) is 5.41 Å². The van der Waals surface area contributed by atoms with E-state index in [0.717, 1.165) is 36.3 Å². The number of aromatic hydroxyl groups is 1. The van der Waals surface area contributed by atoms with E-state index in [2.05, 4.69) is 68.5 Å². The number of nitrogens with two attached hydrogens (primary N) is 4. The smallest absolute Gasteiger partial charge is 0.303 e. The maximum atomic E-state index is 15.7. The molecule has 0 saturated carbocycles. The zero-order valence-electron chi connectivity index (χ0n) is 75.0. The molecule has 3 aliphatic rings. The molecular formula is C87H123N23O22S. The summed E-state index contributed by atoms with van der Waals surface area (Å²) in [6, 6.07) is -3.65. The molecule has 3 aromatic carbocycles. The minimum absolute atomic E-state index is 0.0219. The summed E-state index contributed by atoms with van der Waals surface area (Å²) in [7, 11) is 3.83. The van der Waals surface area contributed by atoms with Crippen LogP contribution >= 0.6 is 11.8 Å². The minimum atomic E-state index is -1.94. The van der Waals surface area contributed by atoms with Crippen LogP contribution in [0.5, 0.6) is 5.75 Å². The zero-order chi connectivity index (χ0) is 97.6. The second kappa shape index (κ2) is 50.2. The number of hydrogen-bond donors (Lipinski definition) is 22. The van der Waals surface area contributed by atoms with E-state index in [0.29, 0.717) is 64.2 Å². The fourth-order valence-corrected chi connectivity index (χ4v) is 16.9. The van der Waals surface area contributed by atoms with E-state index in [4.69, 9.17) is 28.3 Å². The van der Waals surface area contributed by atoms with Crippen LogP contribution in [0.4, 0.5) is 0 Å². The minimum Gasteiger partial charge on any atom is -0.508 e. The lowest BCUT2D eigenvalue weighted by Gasteiger charge is -2.36. The Balaban J connectivity index is 1.19. The number of aliphatic hydroxyl groups excluding tert-OH is 2. The number of aromatic nitrogens is 2. The Morgan fingerprint density at radius 3 is 1.66 bits per heavy atom. The zero-order valence-corrected chi connectivity index (χ0v) is 75.8. The van der Waals surface area contributed by atoms with Crippen molar-refractivity contribution in [2.45, 2.75) is 221 Å². The van der Waals surface area contributed by atoms with E-state index in [9.17, 15) is 73.2 Å². The van der Waals surface area contributed by atoms with E-state index in [1.807, 2.05) is 13.8 Å². The van der Waals surface area contributed by atoms with Crippen LogP contribution in [0.25, 0.3) is 21.8 Å². The van der Waals surface area contributed by atoms with Crippen LogP contribution < -0.4 is 81.4 Å². The van der Waals surface area contributed by atoms with Crippen LogP contribution in [0.15, 0.2) is 85.2 Å². The number of carboxylic acids is 1. The molecule has 15 atom stereocenters. The van der Waals surface area contributed by atoms with Gasteiger partial charge in [0.1, 0.15) is 90.3 Å². The van der Waals surface area contributed by atoms with Gasteiger partial charge in [-0.3, -0.25) is 91.7 Å². The lowest BCUT2D eigenvalue weighted by molar-refractivity contribution is -0.149. The van der Waals surface area contributed by atoms with Crippen molar-refractivity contribution in [3.63, 3.8) is 0 Å². The number of nitrogens with zero attached hydrogens (tertiary/aromatic N) is 5. The lowest BCUT2D eigenvalue weighted by atomic mass is 10.00. The van der Waals surface area contributed by atoms with Gasteiger partial charge >= 0.3 is 5.97 Å². The number of aliphatic carboxylic acids is 1. The molecule has 133 heavy (non-hydrogen) atoms. The lowest BCUT2D eigenvalue weighted by Crippen LogP contribution is -2.62. The molecule has 0 radical (unpaired) electrons. The number of carbonyl (C=O) groups excluding carboxylic acids is 17. The second-order valence-electron chi connectivity index (χ2n) is 33.2. The predicted octanol–water partition coefficient (Wildman–Crippen LogP) is -5.12. The van der Waals surface area contributed by atoms with Gasteiger partial charge in [0.2, 0.25) is 100 Å².